The Balaban J connectivity index is 2.04. The number of carbonyl (C=O) groups is 2. The van der Waals surface area contributed by atoms with Crippen molar-refractivity contribution in [3.05, 3.63) is 29.8 Å². The van der Waals surface area contributed by atoms with Gasteiger partial charge in [0.05, 0.1) is 11.6 Å². The third-order valence-electron chi connectivity index (χ3n) is 3.76. The van der Waals surface area contributed by atoms with Gasteiger partial charge >= 0.3 is 6.09 Å². The van der Waals surface area contributed by atoms with Crippen LogP contribution in [0.15, 0.2) is 29.4 Å². The number of likely N-dealkylation sites (tertiary alicyclic amines) is 1. The van der Waals surface area contributed by atoms with Gasteiger partial charge in [0.2, 0.25) is 5.91 Å². The molecule has 1 aliphatic heterocycles. The van der Waals surface area contributed by atoms with Crippen molar-refractivity contribution in [1.29, 1.82) is 0 Å². The fourth-order valence-electron chi connectivity index (χ4n) is 2.49. The lowest BCUT2D eigenvalue weighted by atomic mass is 9.97. The second-order valence-electron chi connectivity index (χ2n) is 5.32. The summed E-state index contributed by atoms with van der Waals surface area (Å²) in [5, 5.41) is 23.7. The van der Waals surface area contributed by atoms with E-state index in [0.717, 1.165) is 0 Å². The number of anilines is 1. The molecule has 7 nitrogen and oxygen atoms in total. The van der Waals surface area contributed by atoms with Crippen molar-refractivity contribution in [2.24, 2.45) is 11.1 Å². The molecule has 1 aromatic rings. The molecule has 118 valence electrons. The minimum atomic E-state index is -0.991. The number of amides is 2. The summed E-state index contributed by atoms with van der Waals surface area (Å²) >= 11 is 0. The van der Waals surface area contributed by atoms with Gasteiger partial charge in [-0.1, -0.05) is 17.3 Å². The van der Waals surface area contributed by atoms with Gasteiger partial charge < -0.3 is 20.5 Å². The van der Waals surface area contributed by atoms with Crippen molar-refractivity contribution in [2.75, 3.05) is 18.4 Å². The van der Waals surface area contributed by atoms with Crippen LogP contribution in [0.1, 0.15) is 25.3 Å². The molecule has 0 aromatic heterocycles. The number of hydrogen-bond acceptors (Lipinski definition) is 4. The molecule has 1 unspecified atom stereocenters. The molecular formula is C15H19N3O4. The topological polar surface area (TPSA) is 102 Å². The third kappa shape index (κ3) is 3.75. The number of benzene rings is 1. The van der Waals surface area contributed by atoms with Crippen LogP contribution in [0.5, 0.6) is 0 Å². The Labute approximate surface area is 128 Å². The third-order valence-corrected chi connectivity index (χ3v) is 3.76. The van der Waals surface area contributed by atoms with Crippen LogP contribution in [0.2, 0.25) is 0 Å². The fourth-order valence-corrected chi connectivity index (χ4v) is 2.49. The highest BCUT2D eigenvalue weighted by Gasteiger charge is 2.28. The molecule has 2 rings (SSSR count). The SMILES string of the molecule is CC(=NO)c1cccc(NC(=O)C2CCCN(C(=O)O)C2)c1. The van der Waals surface area contributed by atoms with Gasteiger partial charge in [-0.15, -0.1) is 0 Å². The van der Waals surface area contributed by atoms with E-state index in [-0.39, 0.29) is 18.4 Å². The zero-order chi connectivity index (χ0) is 16.1. The molecule has 1 heterocycles. The highest BCUT2D eigenvalue weighted by atomic mass is 16.4. The molecule has 3 N–H and O–H groups in total. The fraction of sp³-hybridized carbons (Fsp3) is 0.400. The number of nitrogens with zero attached hydrogens (tertiary/aromatic N) is 2. The lowest BCUT2D eigenvalue weighted by Gasteiger charge is -2.29. The van der Waals surface area contributed by atoms with Gasteiger partial charge in [0.1, 0.15) is 0 Å². The summed E-state index contributed by atoms with van der Waals surface area (Å²) in [6.45, 7) is 2.35. The molecule has 7 heteroatoms. The van der Waals surface area contributed by atoms with Gasteiger partial charge in [0, 0.05) is 24.3 Å². The maximum absolute atomic E-state index is 12.3. The summed E-state index contributed by atoms with van der Waals surface area (Å²) in [7, 11) is 0. The zero-order valence-corrected chi connectivity index (χ0v) is 12.3. The van der Waals surface area contributed by atoms with Gasteiger partial charge in [0.25, 0.3) is 0 Å². The molecule has 0 spiro atoms. The molecule has 0 saturated carbocycles. The minimum Gasteiger partial charge on any atom is -0.465 e. The van der Waals surface area contributed by atoms with Crippen LogP contribution in [-0.4, -0.2) is 46.0 Å². The van der Waals surface area contributed by atoms with Crippen LogP contribution in [0.3, 0.4) is 0 Å². The summed E-state index contributed by atoms with van der Waals surface area (Å²) < 4.78 is 0. The van der Waals surface area contributed by atoms with Crippen molar-refractivity contribution < 1.29 is 19.9 Å². The highest BCUT2D eigenvalue weighted by molar-refractivity contribution is 6.00. The van der Waals surface area contributed by atoms with Gasteiger partial charge in [-0.05, 0) is 31.9 Å². The highest BCUT2D eigenvalue weighted by Crippen LogP contribution is 2.19. The number of nitrogens with one attached hydrogen (secondary N) is 1. The average Bonchev–Trinajstić information content (AvgIpc) is 2.54. The van der Waals surface area contributed by atoms with E-state index in [0.29, 0.717) is 36.3 Å². The number of carbonyl (C=O) groups excluding carboxylic acids is 1. The maximum Gasteiger partial charge on any atom is 0.407 e. The summed E-state index contributed by atoms with van der Waals surface area (Å²) in [5.74, 6) is -0.539. The number of carboxylic acid groups (broad SMARTS) is 1. The molecular weight excluding hydrogens is 286 g/mol. The molecule has 0 bridgehead atoms. The van der Waals surface area contributed by atoms with Crippen LogP contribution in [0, 0.1) is 5.92 Å². The van der Waals surface area contributed by atoms with Gasteiger partial charge in [-0.3, -0.25) is 4.79 Å². The first-order valence-electron chi connectivity index (χ1n) is 7.09. The molecule has 0 radical (unpaired) electrons. The van der Waals surface area contributed by atoms with E-state index in [2.05, 4.69) is 10.5 Å². The molecule has 1 atom stereocenters. The molecule has 1 fully saturated rings. The second-order valence-corrected chi connectivity index (χ2v) is 5.32. The number of hydrogen-bond donors (Lipinski definition) is 3. The van der Waals surface area contributed by atoms with E-state index in [1.807, 2.05) is 0 Å². The van der Waals surface area contributed by atoms with Crippen LogP contribution >= 0.6 is 0 Å². The van der Waals surface area contributed by atoms with Crippen LogP contribution in [0.25, 0.3) is 0 Å². The summed E-state index contributed by atoms with van der Waals surface area (Å²) in [6, 6.07) is 6.98. The largest absolute Gasteiger partial charge is 0.465 e. The Morgan fingerprint density at radius 2 is 2.18 bits per heavy atom. The standard InChI is InChI=1S/C15H19N3O4/c1-10(17-22)11-4-2-6-13(8-11)16-14(19)12-5-3-7-18(9-12)15(20)21/h2,4,6,8,12,22H,3,5,7,9H2,1H3,(H,16,19)(H,20,21). The molecule has 1 saturated heterocycles. The first kappa shape index (κ1) is 15.8. The zero-order valence-electron chi connectivity index (χ0n) is 12.3. The lowest BCUT2D eigenvalue weighted by Crippen LogP contribution is -2.43. The molecule has 22 heavy (non-hydrogen) atoms. The quantitative estimate of drug-likeness (QED) is 0.452. The van der Waals surface area contributed by atoms with E-state index in [9.17, 15) is 9.59 Å². The Hall–Kier alpha value is -2.57. The van der Waals surface area contributed by atoms with E-state index >= 15 is 0 Å². The van der Waals surface area contributed by atoms with E-state index in [4.69, 9.17) is 10.3 Å². The first-order valence-corrected chi connectivity index (χ1v) is 7.09. The average molecular weight is 305 g/mol. The predicted molar refractivity (Wildman–Crippen MR) is 81.4 cm³/mol. The van der Waals surface area contributed by atoms with Gasteiger partial charge in [0.15, 0.2) is 0 Å². The normalized spacial score (nSPS) is 18.9. The Morgan fingerprint density at radius 1 is 1.41 bits per heavy atom. The number of oxime groups is 1. The number of piperidine rings is 1. The van der Waals surface area contributed by atoms with Crippen molar-refractivity contribution >= 4 is 23.4 Å². The van der Waals surface area contributed by atoms with Crippen molar-refractivity contribution in [3.63, 3.8) is 0 Å². The van der Waals surface area contributed by atoms with E-state index in [1.54, 1.807) is 31.2 Å². The molecule has 0 aliphatic carbocycles. The van der Waals surface area contributed by atoms with Gasteiger partial charge in [-0.2, -0.15) is 0 Å². The second kappa shape index (κ2) is 6.93. The van der Waals surface area contributed by atoms with Gasteiger partial charge in [-0.25, -0.2) is 4.79 Å². The van der Waals surface area contributed by atoms with Crippen LogP contribution in [-0.2, 0) is 4.79 Å². The van der Waals surface area contributed by atoms with E-state index < -0.39 is 6.09 Å². The predicted octanol–water partition coefficient (Wildman–Crippen LogP) is 2.21. The Morgan fingerprint density at radius 3 is 2.86 bits per heavy atom. The van der Waals surface area contributed by atoms with Crippen molar-refractivity contribution in [2.45, 2.75) is 19.8 Å². The number of rotatable bonds is 3. The minimum absolute atomic E-state index is 0.193. The maximum atomic E-state index is 12.3. The van der Waals surface area contributed by atoms with Crippen molar-refractivity contribution in [1.82, 2.24) is 4.90 Å². The molecule has 1 aromatic carbocycles. The van der Waals surface area contributed by atoms with Crippen LogP contribution in [0.4, 0.5) is 10.5 Å². The summed E-state index contributed by atoms with van der Waals surface area (Å²) in [4.78, 5) is 24.5. The molecule has 1 aliphatic rings. The summed E-state index contributed by atoms with van der Waals surface area (Å²) in [6.07, 6.45) is 0.363. The Bertz CT molecular complexity index is 600. The Kier molecular flexibility index (Phi) is 4.98. The van der Waals surface area contributed by atoms with Crippen LogP contribution < -0.4 is 5.32 Å². The summed E-state index contributed by atoms with van der Waals surface area (Å²) in [5.41, 5.74) is 1.75. The first-order chi connectivity index (χ1) is 10.5. The monoisotopic (exact) mass is 305 g/mol. The molecule has 2 amide bonds. The lowest BCUT2D eigenvalue weighted by molar-refractivity contribution is -0.121. The van der Waals surface area contributed by atoms with Crippen molar-refractivity contribution in [3.8, 4) is 0 Å². The van der Waals surface area contributed by atoms with E-state index in [1.165, 1.54) is 4.90 Å². The smallest absolute Gasteiger partial charge is 0.407 e.